The zero-order valence-corrected chi connectivity index (χ0v) is 11.6. The number of hydrogen-bond acceptors (Lipinski definition) is 6. The second kappa shape index (κ2) is 4.68. The standard InChI is InChI=1S/C13H10N4O2S/c1-7-10(18)8-5-3-4-6-9(8)11(19)12(7)20-13-14-15-16-17(13)2/h3-6H,1-2H3. The van der Waals surface area contributed by atoms with Gasteiger partial charge in [-0.15, -0.1) is 5.10 Å². The van der Waals surface area contributed by atoms with Crippen LogP contribution >= 0.6 is 11.8 Å². The van der Waals surface area contributed by atoms with E-state index in [0.717, 1.165) is 11.8 Å². The number of Topliss-reactive ketones (excluding diaryl/α,β-unsaturated/α-hetero) is 2. The zero-order chi connectivity index (χ0) is 14.3. The summed E-state index contributed by atoms with van der Waals surface area (Å²) in [5.74, 6) is -0.288. The molecule has 0 saturated heterocycles. The van der Waals surface area contributed by atoms with Crippen molar-refractivity contribution < 1.29 is 9.59 Å². The van der Waals surface area contributed by atoms with Crippen LogP contribution in [0.1, 0.15) is 27.6 Å². The van der Waals surface area contributed by atoms with Gasteiger partial charge in [-0.3, -0.25) is 9.59 Å². The second-order valence-corrected chi connectivity index (χ2v) is 5.32. The van der Waals surface area contributed by atoms with Crippen molar-refractivity contribution in [3.63, 3.8) is 0 Å². The van der Waals surface area contributed by atoms with Gasteiger partial charge >= 0.3 is 0 Å². The molecular weight excluding hydrogens is 276 g/mol. The molecule has 7 heteroatoms. The number of carbonyl (C=O) groups is 2. The van der Waals surface area contributed by atoms with E-state index in [1.54, 1.807) is 38.2 Å². The molecule has 3 rings (SSSR count). The van der Waals surface area contributed by atoms with E-state index < -0.39 is 0 Å². The minimum atomic E-state index is -0.161. The fourth-order valence-corrected chi connectivity index (χ4v) is 2.88. The van der Waals surface area contributed by atoms with E-state index in [0.29, 0.717) is 26.8 Å². The van der Waals surface area contributed by atoms with Crippen molar-refractivity contribution >= 4 is 23.3 Å². The summed E-state index contributed by atoms with van der Waals surface area (Å²) < 4.78 is 1.46. The van der Waals surface area contributed by atoms with Crippen LogP contribution in [0.5, 0.6) is 0 Å². The fourth-order valence-electron chi connectivity index (χ4n) is 2.00. The van der Waals surface area contributed by atoms with Crippen LogP contribution in [-0.4, -0.2) is 31.8 Å². The highest BCUT2D eigenvalue weighted by Crippen LogP contribution is 2.35. The van der Waals surface area contributed by atoms with E-state index in [2.05, 4.69) is 15.5 Å². The number of carbonyl (C=O) groups excluding carboxylic acids is 2. The van der Waals surface area contributed by atoms with Crippen molar-refractivity contribution in [2.45, 2.75) is 12.1 Å². The Morgan fingerprint density at radius 1 is 1.10 bits per heavy atom. The quantitative estimate of drug-likeness (QED) is 0.835. The zero-order valence-electron chi connectivity index (χ0n) is 10.8. The van der Waals surface area contributed by atoms with E-state index in [1.807, 2.05) is 0 Å². The van der Waals surface area contributed by atoms with Gasteiger partial charge in [-0.2, -0.15) is 0 Å². The van der Waals surface area contributed by atoms with Gasteiger partial charge in [0.25, 0.3) is 0 Å². The van der Waals surface area contributed by atoms with Crippen molar-refractivity contribution in [1.82, 2.24) is 20.2 Å². The normalized spacial score (nSPS) is 14.7. The smallest absolute Gasteiger partial charge is 0.214 e. The molecule has 20 heavy (non-hydrogen) atoms. The van der Waals surface area contributed by atoms with E-state index in [9.17, 15) is 9.59 Å². The average molecular weight is 286 g/mol. The first-order valence-corrected chi connectivity index (χ1v) is 6.70. The Kier molecular flexibility index (Phi) is 2.98. The van der Waals surface area contributed by atoms with Crippen LogP contribution < -0.4 is 0 Å². The first-order valence-electron chi connectivity index (χ1n) is 5.89. The molecule has 6 nitrogen and oxygen atoms in total. The van der Waals surface area contributed by atoms with Crippen molar-refractivity contribution in [2.24, 2.45) is 7.05 Å². The number of allylic oxidation sites excluding steroid dienone is 2. The predicted molar refractivity (Wildman–Crippen MR) is 72.5 cm³/mol. The van der Waals surface area contributed by atoms with Crippen molar-refractivity contribution in [3.05, 3.63) is 45.9 Å². The predicted octanol–water partition coefficient (Wildman–Crippen LogP) is 1.66. The summed E-state index contributed by atoms with van der Waals surface area (Å²) in [7, 11) is 1.68. The van der Waals surface area contributed by atoms with E-state index in [4.69, 9.17) is 0 Å². The molecule has 0 aliphatic heterocycles. The molecule has 0 atom stereocenters. The Labute approximate surface area is 118 Å². The third-order valence-corrected chi connectivity index (χ3v) is 4.30. The summed E-state index contributed by atoms with van der Waals surface area (Å²) in [5, 5.41) is 11.5. The molecule has 1 heterocycles. The Balaban J connectivity index is 2.08. The lowest BCUT2D eigenvalue weighted by Crippen LogP contribution is -2.19. The minimum absolute atomic E-state index is 0.127. The number of benzene rings is 1. The molecule has 1 aliphatic carbocycles. The summed E-state index contributed by atoms with van der Waals surface area (Å²) in [4.78, 5) is 25.2. The summed E-state index contributed by atoms with van der Waals surface area (Å²) in [6.45, 7) is 1.66. The lowest BCUT2D eigenvalue weighted by molar-refractivity contribution is 0.0981. The molecule has 1 aromatic heterocycles. The van der Waals surface area contributed by atoms with Gasteiger partial charge in [0.2, 0.25) is 10.9 Å². The van der Waals surface area contributed by atoms with Gasteiger partial charge < -0.3 is 0 Å². The molecule has 0 saturated carbocycles. The molecule has 1 aromatic carbocycles. The van der Waals surface area contributed by atoms with Crippen molar-refractivity contribution in [3.8, 4) is 0 Å². The van der Waals surface area contributed by atoms with Crippen LogP contribution in [0.4, 0.5) is 0 Å². The fraction of sp³-hybridized carbons (Fsp3) is 0.154. The van der Waals surface area contributed by atoms with Crippen LogP contribution in [-0.2, 0) is 7.05 Å². The Morgan fingerprint density at radius 3 is 2.35 bits per heavy atom. The number of hydrogen-bond donors (Lipinski definition) is 0. The van der Waals surface area contributed by atoms with Crippen LogP contribution in [0.25, 0.3) is 0 Å². The van der Waals surface area contributed by atoms with Crippen LogP contribution in [0.15, 0.2) is 39.9 Å². The third kappa shape index (κ3) is 1.87. The largest absolute Gasteiger partial charge is 0.289 e. The summed E-state index contributed by atoms with van der Waals surface area (Å²) in [5.41, 5.74) is 1.32. The topological polar surface area (TPSA) is 77.7 Å². The van der Waals surface area contributed by atoms with Gasteiger partial charge in [-0.05, 0) is 29.1 Å². The molecule has 1 aliphatic rings. The van der Waals surface area contributed by atoms with Gasteiger partial charge in [-0.25, -0.2) is 4.68 Å². The molecule has 0 fully saturated rings. The molecular formula is C13H10N4O2S. The summed E-state index contributed by atoms with van der Waals surface area (Å²) in [6, 6.07) is 6.83. The Morgan fingerprint density at radius 2 is 1.75 bits per heavy atom. The van der Waals surface area contributed by atoms with Gasteiger partial charge in [0.05, 0.1) is 4.91 Å². The number of tetrazole rings is 1. The average Bonchev–Trinajstić information content (AvgIpc) is 2.86. The maximum Gasteiger partial charge on any atom is 0.214 e. The van der Waals surface area contributed by atoms with Gasteiger partial charge in [0.15, 0.2) is 5.78 Å². The van der Waals surface area contributed by atoms with Gasteiger partial charge in [-0.1, -0.05) is 24.3 Å². The molecule has 0 unspecified atom stereocenters. The molecule has 0 N–H and O–H groups in total. The summed E-state index contributed by atoms with van der Waals surface area (Å²) in [6.07, 6.45) is 0. The molecule has 2 aromatic rings. The minimum Gasteiger partial charge on any atom is -0.289 e. The van der Waals surface area contributed by atoms with Crippen LogP contribution in [0, 0.1) is 0 Å². The first-order chi connectivity index (χ1) is 9.59. The molecule has 100 valence electrons. The lowest BCUT2D eigenvalue weighted by atomic mass is 9.90. The van der Waals surface area contributed by atoms with E-state index >= 15 is 0 Å². The third-order valence-electron chi connectivity index (χ3n) is 3.08. The summed E-state index contributed by atoms with van der Waals surface area (Å²) >= 11 is 1.12. The number of nitrogens with zero attached hydrogens (tertiary/aromatic N) is 4. The number of rotatable bonds is 2. The monoisotopic (exact) mass is 286 g/mol. The maximum atomic E-state index is 12.5. The SMILES string of the molecule is CC1=C(Sc2nnnn2C)C(=O)c2ccccc2C1=O. The highest BCUT2D eigenvalue weighted by Gasteiger charge is 2.31. The molecule has 0 bridgehead atoms. The van der Waals surface area contributed by atoms with Crippen molar-refractivity contribution in [2.75, 3.05) is 0 Å². The Bertz CT molecular complexity index is 763. The lowest BCUT2D eigenvalue weighted by Gasteiger charge is -2.17. The molecule has 0 radical (unpaired) electrons. The van der Waals surface area contributed by atoms with E-state index in [1.165, 1.54) is 4.68 Å². The number of fused-ring (bicyclic) bond motifs is 1. The molecule has 0 spiro atoms. The van der Waals surface area contributed by atoms with Crippen LogP contribution in [0.2, 0.25) is 0 Å². The Hall–Kier alpha value is -2.28. The number of thioether (sulfide) groups is 1. The number of aryl methyl sites for hydroxylation is 1. The van der Waals surface area contributed by atoms with Crippen molar-refractivity contribution in [1.29, 1.82) is 0 Å². The first kappa shape index (κ1) is 12.7. The highest BCUT2D eigenvalue weighted by atomic mass is 32.2. The molecule has 0 amide bonds. The van der Waals surface area contributed by atoms with Crippen LogP contribution in [0.3, 0.4) is 0 Å². The number of ketones is 2. The maximum absolute atomic E-state index is 12.5. The second-order valence-electron chi connectivity index (χ2n) is 4.35. The number of aromatic nitrogens is 4. The van der Waals surface area contributed by atoms with E-state index in [-0.39, 0.29) is 11.6 Å². The van der Waals surface area contributed by atoms with Gasteiger partial charge in [0, 0.05) is 23.7 Å². The van der Waals surface area contributed by atoms with Gasteiger partial charge in [0.1, 0.15) is 0 Å². The highest BCUT2D eigenvalue weighted by molar-refractivity contribution is 8.04.